The highest BCUT2D eigenvalue weighted by molar-refractivity contribution is 7.91. The number of aromatic nitrogens is 2. The van der Waals surface area contributed by atoms with Crippen molar-refractivity contribution in [1.82, 2.24) is 14.7 Å². The zero-order valence-corrected chi connectivity index (χ0v) is 16.7. The first-order valence-electron chi connectivity index (χ1n) is 8.74. The fraction of sp³-hybridized carbons (Fsp3) is 0.0476. The summed E-state index contributed by atoms with van der Waals surface area (Å²) in [5.74, 6) is -0.289. The van der Waals surface area contributed by atoms with E-state index in [2.05, 4.69) is 10.3 Å². The Morgan fingerprint density at radius 1 is 1.03 bits per heavy atom. The molecule has 1 N–H and O–H groups in total. The lowest BCUT2D eigenvalue weighted by atomic mass is 10.2. The number of imidazole rings is 1. The van der Waals surface area contributed by atoms with Crippen LogP contribution in [0.4, 0.5) is 0 Å². The van der Waals surface area contributed by atoms with E-state index >= 15 is 0 Å². The molecule has 0 fully saturated rings. The zero-order valence-electron chi connectivity index (χ0n) is 15.1. The summed E-state index contributed by atoms with van der Waals surface area (Å²) in [5.41, 5.74) is 2.12. The highest BCUT2D eigenvalue weighted by Gasteiger charge is 2.18. The fourth-order valence-electron chi connectivity index (χ4n) is 2.91. The smallest absolute Gasteiger partial charge is 0.251 e. The molecule has 146 valence electrons. The number of pyridine rings is 1. The minimum atomic E-state index is -3.70. The lowest BCUT2D eigenvalue weighted by Crippen LogP contribution is -2.23. The number of carbonyl (C=O) groups is 1. The van der Waals surface area contributed by atoms with E-state index in [1.807, 2.05) is 28.9 Å². The Kier molecular flexibility index (Phi) is 5.08. The van der Waals surface area contributed by atoms with Crippen LogP contribution in [0.25, 0.3) is 5.65 Å². The average molecular weight is 426 g/mol. The lowest BCUT2D eigenvalue weighted by Gasteiger charge is -2.08. The van der Waals surface area contributed by atoms with Crippen molar-refractivity contribution < 1.29 is 13.2 Å². The minimum Gasteiger partial charge on any atom is -0.348 e. The minimum absolute atomic E-state index is 0.0990. The molecule has 8 heteroatoms. The highest BCUT2D eigenvalue weighted by atomic mass is 35.5. The number of fused-ring (bicyclic) bond motifs is 1. The standard InChI is InChI=1S/C21H16ClN3O3S/c22-17-2-1-3-19(12-17)29(27,28)18-7-5-16(6-8-18)21(26)24-13-15-4-9-20-23-10-11-25(20)14-15/h1-12,14H,13H2,(H,24,26). The second kappa shape index (κ2) is 7.69. The van der Waals surface area contributed by atoms with Crippen molar-refractivity contribution in [1.29, 1.82) is 0 Å². The van der Waals surface area contributed by atoms with Gasteiger partial charge in [0.15, 0.2) is 0 Å². The summed E-state index contributed by atoms with van der Waals surface area (Å²) in [4.78, 5) is 16.8. The Morgan fingerprint density at radius 2 is 1.83 bits per heavy atom. The molecule has 4 aromatic rings. The number of hydrogen-bond donors (Lipinski definition) is 1. The van der Waals surface area contributed by atoms with Crippen LogP contribution in [0, 0.1) is 0 Å². The molecule has 1 amide bonds. The second-order valence-corrected chi connectivity index (χ2v) is 8.78. The van der Waals surface area contributed by atoms with Crippen LogP contribution in [0.3, 0.4) is 0 Å². The Labute approximate surface area is 172 Å². The molecule has 0 aliphatic rings. The molecule has 0 aliphatic carbocycles. The van der Waals surface area contributed by atoms with Gasteiger partial charge in [0.25, 0.3) is 5.91 Å². The molecule has 4 rings (SSSR count). The van der Waals surface area contributed by atoms with Gasteiger partial charge in [0.05, 0.1) is 9.79 Å². The quantitative estimate of drug-likeness (QED) is 0.528. The molecule has 2 aromatic carbocycles. The van der Waals surface area contributed by atoms with E-state index in [9.17, 15) is 13.2 Å². The Bertz CT molecular complexity index is 1300. The monoisotopic (exact) mass is 425 g/mol. The SMILES string of the molecule is O=C(NCc1ccc2nccn2c1)c1ccc(S(=O)(=O)c2cccc(Cl)c2)cc1. The van der Waals surface area contributed by atoms with Crippen LogP contribution >= 0.6 is 11.6 Å². The van der Waals surface area contributed by atoms with Gasteiger partial charge >= 0.3 is 0 Å². The van der Waals surface area contributed by atoms with Crippen molar-refractivity contribution in [2.75, 3.05) is 0 Å². The van der Waals surface area contributed by atoms with Gasteiger partial charge in [0.2, 0.25) is 9.84 Å². The third kappa shape index (κ3) is 4.01. The predicted molar refractivity (Wildman–Crippen MR) is 110 cm³/mol. The first kappa shape index (κ1) is 19.2. The van der Waals surface area contributed by atoms with Crippen molar-refractivity contribution >= 4 is 33.0 Å². The number of rotatable bonds is 5. The number of nitrogens with one attached hydrogen (secondary N) is 1. The van der Waals surface area contributed by atoms with Crippen molar-refractivity contribution in [3.05, 3.63) is 95.4 Å². The van der Waals surface area contributed by atoms with Crippen LogP contribution in [0.1, 0.15) is 15.9 Å². The molecule has 6 nitrogen and oxygen atoms in total. The molecule has 0 unspecified atom stereocenters. The molecule has 0 aliphatic heterocycles. The Morgan fingerprint density at radius 3 is 2.59 bits per heavy atom. The van der Waals surface area contributed by atoms with Gasteiger partial charge in [0.1, 0.15) is 5.65 Å². The molecule has 0 atom stereocenters. The van der Waals surface area contributed by atoms with Gasteiger partial charge in [-0.3, -0.25) is 4.79 Å². The molecular weight excluding hydrogens is 410 g/mol. The Balaban J connectivity index is 1.47. The van der Waals surface area contributed by atoms with Gasteiger partial charge < -0.3 is 9.72 Å². The molecule has 0 radical (unpaired) electrons. The molecule has 0 saturated carbocycles. The van der Waals surface area contributed by atoms with Gasteiger partial charge in [0, 0.05) is 35.7 Å². The summed E-state index contributed by atoms with van der Waals surface area (Å²) in [6, 6.07) is 15.7. The van der Waals surface area contributed by atoms with Crippen LogP contribution in [0.2, 0.25) is 5.02 Å². The summed E-state index contributed by atoms with van der Waals surface area (Å²) in [6.07, 6.45) is 5.43. The molecule has 0 spiro atoms. The van der Waals surface area contributed by atoms with Gasteiger partial charge in [-0.15, -0.1) is 0 Å². The van der Waals surface area contributed by atoms with Crippen molar-refractivity contribution in [3.8, 4) is 0 Å². The highest BCUT2D eigenvalue weighted by Crippen LogP contribution is 2.23. The average Bonchev–Trinajstić information content (AvgIpc) is 3.20. The summed E-state index contributed by atoms with van der Waals surface area (Å²) < 4.78 is 27.3. The maximum absolute atomic E-state index is 12.7. The molecular formula is C21H16ClN3O3S. The number of benzene rings is 2. The van der Waals surface area contributed by atoms with Crippen LogP contribution < -0.4 is 5.32 Å². The summed E-state index contributed by atoms with van der Waals surface area (Å²) in [6.45, 7) is 0.343. The van der Waals surface area contributed by atoms with Crippen molar-refractivity contribution in [3.63, 3.8) is 0 Å². The maximum Gasteiger partial charge on any atom is 0.251 e. The number of carbonyl (C=O) groups excluding carboxylic acids is 1. The first-order valence-corrected chi connectivity index (χ1v) is 10.6. The summed E-state index contributed by atoms with van der Waals surface area (Å²) in [7, 11) is -3.70. The topological polar surface area (TPSA) is 80.5 Å². The van der Waals surface area contributed by atoms with Gasteiger partial charge in [-0.2, -0.15) is 0 Å². The van der Waals surface area contributed by atoms with E-state index < -0.39 is 9.84 Å². The third-order valence-corrected chi connectivity index (χ3v) is 6.44. The lowest BCUT2D eigenvalue weighted by molar-refractivity contribution is 0.0951. The largest absolute Gasteiger partial charge is 0.348 e. The number of amides is 1. The molecule has 29 heavy (non-hydrogen) atoms. The molecule has 2 heterocycles. The van der Waals surface area contributed by atoms with E-state index in [0.29, 0.717) is 17.1 Å². The predicted octanol–water partition coefficient (Wildman–Crippen LogP) is 3.75. The van der Waals surface area contributed by atoms with E-state index in [0.717, 1.165) is 11.2 Å². The first-order chi connectivity index (χ1) is 13.9. The third-order valence-electron chi connectivity index (χ3n) is 4.44. The second-order valence-electron chi connectivity index (χ2n) is 6.40. The van der Waals surface area contributed by atoms with E-state index in [-0.39, 0.29) is 15.7 Å². The summed E-state index contributed by atoms with van der Waals surface area (Å²) >= 11 is 5.89. The van der Waals surface area contributed by atoms with Crippen LogP contribution in [-0.2, 0) is 16.4 Å². The van der Waals surface area contributed by atoms with E-state index in [4.69, 9.17) is 11.6 Å². The number of nitrogens with zero attached hydrogens (tertiary/aromatic N) is 2. The number of hydrogen-bond acceptors (Lipinski definition) is 4. The fourth-order valence-corrected chi connectivity index (χ4v) is 4.47. The van der Waals surface area contributed by atoms with Gasteiger partial charge in [-0.25, -0.2) is 13.4 Å². The number of halogens is 1. The molecule has 0 saturated heterocycles. The molecule has 0 bridgehead atoms. The normalized spacial score (nSPS) is 11.5. The summed E-state index contributed by atoms with van der Waals surface area (Å²) in [5, 5.41) is 3.17. The van der Waals surface area contributed by atoms with Crippen molar-refractivity contribution in [2.24, 2.45) is 0 Å². The van der Waals surface area contributed by atoms with Gasteiger partial charge in [-0.05, 0) is 54.1 Å². The van der Waals surface area contributed by atoms with Crippen LogP contribution in [-0.4, -0.2) is 23.7 Å². The van der Waals surface area contributed by atoms with E-state index in [1.165, 1.54) is 36.4 Å². The Hall–Kier alpha value is -3.16. The van der Waals surface area contributed by atoms with Crippen molar-refractivity contribution in [2.45, 2.75) is 16.3 Å². The zero-order chi connectivity index (χ0) is 20.4. The number of sulfone groups is 1. The van der Waals surface area contributed by atoms with Crippen LogP contribution in [0.15, 0.2) is 89.0 Å². The van der Waals surface area contributed by atoms with E-state index in [1.54, 1.807) is 18.3 Å². The molecule has 2 aromatic heterocycles. The van der Waals surface area contributed by atoms with Gasteiger partial charge in [-0.1, -0.05) is 23.7 Å². The van der Waals surface area contributed by atoms with Crippen LogP contribution in [0.5, 0.6) is 0 Å². The maximum atomic E-state index is 12.7.